The molecule has 0 fully saturated rings. The highest BCUT2D eigenvalue weighted by Gasteiger charge is 2.11. The SMILES string of the molecule is O=C(COC(=O)c1ccc(-n2[nH]c(=O)[nH]c2=O)cc1)Nc1ccccc1. The second-order valence-electron chi connectivity index (χ2n) is 5.24. The zero-order valence-electron chi connectivity index (χ0n) is 13.4. The Balaban J connectivity index is 1.60. The van der Waals surface area contributed by atoms with Crippen LogP contribution in [0.5, 0.6) is 0 Å². The van der Waals surface area contributed by atoms with E-state index in [-0.39, 0.29) is 5.56 Å². The number of nitrogens with zero attached hydrogens (tertiary/aromatic N) is 1. The Morgan fingerprint density at radius 3 is 2.31 bits per heavy atom. The normalized spacial score (nSPS) is 10.3. The van der Waals surface area contributed by atoms with E-state index in [9.17, 15) is 19.2 Å². The molecule has 9 heteroatoms. The Morgan fingerprint density at radius 1 is 1.00 bits per heavy atom. The van der Waals surface area contributed by atoms with E-state index < -0.39 is 29.9 Å². The number of hydrogen-bond donors (Lipinski definition) is 3. The first kappa shape index (κ1) is 17.0. The highest BCUT2D eigenvalue weighted by atomic mass is 16.5. The summed E-state index contributed by atoms with van der Waals surface area (Å²) in [4.78, 5) is 48.4. The molecule has 0 atom stereocenters. The third-order valence-corrected chi connectivity index (χ3v) is 3.39. The molecule has 0 bridgehead atoms. The van der Waals surface area contributed by atoms with E-state index in [0.717, 1.165) is 4.68 Å². The van der Waals surface area contributed by atoms with Crippen LogP contribution >= 0.6 is 0 Å². The van der Waals surface area contributed by atoms with Gasteiger partial charge in [0, 0.05) is 5.69 Å². The third kappa shape index (κ3) is 3.96. The number of nitrogens with one attached hydrogen (secondary N) is 3. The molecule has 0 aliphatic rings. The topological polar surface area (TPSA) is 126 Å². The van der Waals surface area contributed by atoms with Gasteiger partial charge in [-0.05, 0) is 36.4 Å². The highest BCUT2D eigenvalue weighted by Crippen LogP contribution is 2.08. The number of anilines is 1. The van der Waals surface area contributed by atoms with Gasteiger partial charge in [-0.3, -0.25) is 9.78 Å². The summed E-state index contributed by atoms with van der Waals surface area (Å²) >= 11 is 0. The molecule has 3 aromatic rings. The number of benzene rings is 2. The van der Waals surface area contributed by atoms with E-state index >= 15 is 0 Å². The summed E-state index contributed by atoms with van der Waals surface area (Å²) in [5.41, 5.74) is -0.0893. The molecule has 0 saturated carbocycles. The minimum Gasteiger partial charge on any atom is -0.452 e. The maximum absolute atomic E-state index is 12.0. The van der Waals surface area contributed by atoms with Gasteiger partial charge in [0.1, 0.15) is 0 Å². The van der Waals surface area contributed by atoms with E-state index in [0.29, 0.717) is 11.4 Å². The summed E-state index contributed by atoms with van der Waals surface area (Å²) in [6.07, 6.45) is 0. The van der Waals surface area contributed by atoms with E-state index in [2.05, 4.69) is 15.4 Å². The Kier molecular flexibility index (Phi) is 4.79. The Bertz CT molecular complexity index is 1030. The van der Waals surface area contributed by atoms with E-state index in [4.69, 9.17) is 4.74 Å². The lowest BCUT2D eigenvalue weighted by atomic mass is 10.2. The van der Waals surface area contributed by atoms with Crippen LogP contribution < -0.4 is 16.7 Å². The molecule has 132 valence electrons. The van der Waals surface area contributed by atoms with Crippen molar-refractivity contribution in [3.05, 3.63) is 81.1 Å². The number of carbonyl (C=O) groups is 2. The van der Waals surface area contributed by atoms with Crippen LogP contribution in [0, 0.1) is 0 Å². The van der Waals surface area contributed by atoms with Gasteiger partial charge in [-0.1, -0.05) is 18.2 Å². The summed E-state index contributed by atoms with van der Waals surface area (Å²) in [6.45, 7) is -0.430. The lowest BCUT2D eigenvalue weighted by Gasteiger charge is -2.07. The first-order valence-corrected chi connectivity index (χ1v) is 7.57. The van der Waals surface area contributed by atoms with Crippen LogP contribution in [0.4, 0.5) is 5.69 Å². The fraction of sp³-hybridized carbons (Fsp3) is 0.0588. The fourth-order valence-corrected chi connectivity index (χ4v) is 2.19. The summed E-state index contributed by atoms with van der Waals surface area (Å²) in [7, 11) is 0. The number of para-hydroxylation sites is 1. The molecule has 1 amide bonds. The third-order valence-electron chi connectivity index (χ3n) is 3.39. The molecule has 3 rings (SSSR count). The number of amides is 1. The van der Waals surface area contributed by atoms with Crippen molar-refractivity contribution in [2.75, 3.05) is 11.9 Å². The average Bonchev–Trinajstić information content (AvgIpc) is 2.99. The van der Waals surface area contributed by atoms with Crippen LogP contribution in [0.3, 0.4) is 0 Å². The summed E-state index contributed by atoms with van der Waals surface area (Å²) in [5.74, 6) is -1.15. The number of rotatable bonds is 5. The van der Waals surface area contributed by atoms with Crippen molar-refractivity contribution in [2.45, 2.75) is 0 Å². The van der Waals surface area contributed by atoms with Gasteiger partial charge in [0.25, 0.3) is 5.91 Å². The van der Waals surface area contributed by atoms with Crippen molar-refractivity contribution in [2.24, 2.45) is 0 Å². The van der Waals surface area contributed by atoms with Crippen LogP contribution in [0.1, 0.15) is 10.4 Å². The van der Waals surface area contributed by atoms with Crippen molar-refractivity contribution in [1.29, 1.82) is 0 Å². The van der Waals surface area contributed by atoms with Crippen molar-refractivity contribution in [3.63, 3.8) is 0 Å². The second-order valence-corrected chi connectivity index (χ2v) is 5.24. The van der Waals surface area contributed by atoms with Gasteiger partial charge in [-0.15, -0.1) is 0 Å². The Labute approximate surface area is 146 Å². The first-order chi connectivity index (χ1) is 12.5. The van der Waals surface area contributed by atoms with Gasteiger partial charge in [-0.2, -0.15) is 0 Å². The van der Waals surface area contributed by atoms with E-state index in [1.807, 2.05) is 6.07 Å². The number of H-pyrrole nitrogens is 2. The molecule has 2 aromatic carbocycles. The largest absolute Gasteiger partial charge is 0.452 e. The minimum absolute atomic E-state index is 0.201. The van der Waals surface area contributed by atoms with Gasteiger partial charge in [0.2, 0.25) is 0 Å². The van der Waals surface area contributed by atoms with Crippen LogP contribution in [0.2, 0.25) is 0 Å². The number of esters is 1. The predicted molar refractivity (Wildman–Crippen MR) is 92.4 cm³/mol. The quantitative estimate of drug-likeness (QED) is 0.580. The molecule has 0 aliphatic heterocycles. The lowest BCUT2D eigenvalue weighted by molar-refractivity contribution is -0.119. The zero-order valence-corrected chi connectivity index (χ0v) is 13.4. The number of carbonyl (C=O) groups excluding carboxylic acids is 2. The predicted octanol–water partition coefficient (Wildman–Crippen LogP) is 0.649. The molecule has 3 N–H and O–H groups in total. The van der Waals surface area contributed by atoms with Crippen molar-refractivity contribution < 1.29 is 14.3 Å². The molecule has 0 spiro atoms. The number of hydrogen-bond acceptors (Lipinski definition) is 5. The number of aromatic amines is 2. The molecular formula is C17H14N4O5. The fourth-order valence-electron chi connectivity index (χ4n) is 2.19. The average molecular weight is 354 g/mol. The second kappa shape index (κ2) is 7.34. The van der Waals surface area contributed by atoms with Gasteiger partial charge >= 0.3 is 17.3 Å². The molecule has 1 heterocycles. The molecule has 9 nitrogen and oxygen atoms in total. The first-order valence-electron chi connectivity index (χ1n) is 7.57. The van der Waals surface area contributed by atoms with E-state index in [1.165, 1.54) is 24.3 Å². The Hall–Kier alpha value is -3.88. The van der Waals surface area contributed by atoms with Crippen LogP contribution in [0.25, 0.3) is 5.69 Å². The number of ether oxygens (including phenoxy) is 1. The van der Waals surface area contributed by atoms with Gasteiger partial charge < -0.3 is 10.1 Å². The van der Waals surface area contributed by atoms with Crippen molar-refractivity contribution in [1.82, 2.24) is 14.8 Å². The molecule has 0 unspecified atom stereocenters. The number of aromatic nitrogens is 3. The molecule has 0 saturated heterocycles. The maximum atomic E-state index is 12.0. The van der Waals surface area contributed by atoms with E-state index in [1.54, 1.807) is 24.3 Å². The molecule has 0 radical (unpaired) electrons. The van der Waals surface area contributed by atoms with Gasteiger partial charge in [0.15, 0.2) is 6.61 Å². The van der Waals surface area contributed by atoms with Crippen LogP contribution in [-0.4, -0.2) is 33.2 Å². The molecular weight excluding hydrogens is 340 g/mol. The molecule has 0 aliphatic carbocycles. The molecule has 1 aromatic heterocycles. The lowest BCUT2D eigenvalue weighted by Crippen LogP contribution is -2.21. The highest BCUT2D eigenvalue weighted by molar-refractivity contribution is 5.95. The summed E-state index contributed by atoms with van der Waals surface area (Å²) in [5, 5.41) is 4.89. The monoisotopic (exact) mass is 354 g/mol. The summed E-state index contributed by atoms with van der Waals surface area (Å²) in [6, 6.07) is 14.6. The zero-order chi connectivity index (χ0) is 18.5. The van der Waals surface area contributed by atoms with Crippen LogP contribution in [0.15, 0.2) is 64.2 Å². The standard InChI is InChI=1S/C17H14N4O5/c22-14(18-12-4-2-1-3-5-12)10-26-15(23)11-6-8-13(9-7-11)21-17(25)19-16(24)20-21/h1-9H,10H2,(H,18,22)(H2,19,20,24,25). The van der Waals surface area contributed by atoms with Crippen molar-refractivity contribution in [3.8, 4) is 5.69 Å². The van der Waals surface area contributed by atoms with Gasteiger partial charge in [0.05, 0.1) is 11.3 Å². The smallest absolute Gasteiger partial charge is 0.349 e. The minimum atomic E-state index is -0.685. The van der Waals surface area contributed by atoms with Crippen molar-refractivity contribution >= 4 is 17.6 Å². The molecule has 26 heavy (non-hydrogen) atoms. The van der Waals surface area contributed by atoms with Gasteiger partial charge in [-0.25, -0.2) is 24.2 Å². The van der Waals surface area contributed by atoms with Crippen LogP contribution in [-0.2, 0) is 9.53 Å². The Morgan fingerprint density at radius 2 is 1.69 bits per heavy atom. The summed E-state index contributed by atoms with van der Waals surface area (Å²) < 4.78 is 5.96. The maximum Gasteiger partial charge on any atom is 0.349 e.